The van der Waals surface area contributed by atoms with E-state index in [-0.39, 0.29) is 11.5 Å². The molecule has 0 radical (unpaired) electrons. The number of amides is 1. The first-order chi connectivity index (χ1) is 10.1. The Hall–Kier alpha value is -2.12. The van der Waals surface area contributed by atoms with Crippen molar-refractivity contribution < 1.29 is 9.53 Å². The largest absolute Gasteiger partial charge is 0.382 e. The lowest BCUT2D eigenvalue weighted by Gasteiger charge is -2.06. The third-order valence-corrected chi connectivity index (χ3v) is 3.05. The van der Waals surface area contributed by atoms with Crippen LogP contribution < -0.4 is 5.32 Å². The molecule has 0 unspecified atom stereocenters. The number of nitriles is 1. The van der Waals surface area contributed by atoms with Gasteiger partial charge < -0.3 is 10.1 Å². The van der Waals surface area contributed by atoms with Crippen molar-refractivity contribution in [2.45, 2.75) is 27.2 Å². The molecule has 1 N–H and O–H groups in total. The number of benzene rings is 1. The summed E-state index contributed by atoms with van der Waals surface area (Å²) < 4.78 is 5.19. The lowest BCUT2D eigenvalue weighted by Crippen LogP contribution is -2.26. The molecule has 0 aliphatic carbocycles. The van der Waals surface area contributed by atoms with E-state index in [9.17, 15) is 4.79 Å². The molecule has 0 bridgehead atoms. The molecule has 0 spiro atoms. The van der Waals surface area contributed by atoms with Crippen molar-refractivity contribution in [1.29, 1.82) is 5.26 Å². The molecule has 1 aromatic carbocycles. The van der Waals surface area contributed by atoms with Gasteiger partial charge in [0.2, 0.25) is 0 Å². The first-order valence-corrected chi connectivity index (χ1v) is 7.13. The Bertz CT molecular complexity index is 556. The molecule has 21 heavy (non-hydrogen) atoms. The maximum absolute atomic E-state index is 11.9. The van der Waals surface area contributed by atoms with Crippen molar-refractivity contribution in [2.24, 2.45) is 0 Å². The first-order valence-electron chi connectivity index (χ1n) is 7.13. The summed E-state index contributed by atoms with van der Waals surface area (Å²) in [6.07, 6.45) is 2.37. The highest BCUT2D eigenvalue weighted by Crippen LogP contribution is 2.14. The number of ether oxygens (including phenoxy) is 1. The molecule has 0 aliphatic heterocycles. The number of carbonyl (C=O) groups excluding carboxylic acids is 1. The third-order valence-electron chi connectivity index (χ3n) is 3.05. The number of nitrogens with zero attached hydrogens (tertiary/aromatic N) is 1. The van der Waals surface area contributed by atoms with Gasteiger partial charge in [-0.25, -0.2) is 0 Å². The van der Waals surface area contributed by atoms with E-state index >= 15 is 0 Å². The van der Waals surface area contributed by atoms with Crippen LogP contribution in [0.5, 0.6) is 0 Å². The quantitative estimate of drug-likeness (QED) is 0.476. The summed E-state index contributed by atoms with van der Waals surface area (Å²) >= 11 is 0. The lowest BCUT2D eigenvalue weighted by molar-refractivity contribution is -0.117. The highest BCUT2D eigenvalue weighted by Gasteiger charge is 2.09. The number of rotatable bonds is 7. The summed E-state index contributed by atoms with van der Waals surface area (Å²) in [6, 6.07) is 7.88. The lowest BCUT2D eigenvalue weighted by atomic mass is 10.0. The van der Waals surface area contributed by atoms with Crippen LogP contribution in [0.25, 0.3) is 6.08 Å². The maximum Gasteiger partial charge on any atom is 0.261 e. The van der Waals surface area contributed by atoms with Gasteiger partial charge in [-0.2, -0.15) is 5.26 Å². The van der Waals surface area contributed by atoms with Crippen LogP contribution in [-0.2, 0) is 9.53 Å². The van der Waals surface area contributed by atoms with E-state index in [2.05, 4.69) is 5.32 Å². The van der Waals surface area contributed by atoms with Gasteiger partial charge in [0.15, 0.2) is 0 Å². The molecule has 4 nitrogen and oxygen atoms in total. The average molecular weight is 286 g/mol. The molecule has 0 saturated carbocycles. The summed E-state index contributed by atoms with van der Waals surface area (Å²) in [5.74, 6) is -0.339. The molecule has 1 aromatic rings. The Balaban J connectivity index is 2.67. The van der Waals surface area contributed by atoms with Crippen LogP contribution in [0.4, 0.5) is 0 Å². The number of carbonyl (C=O) groups is 1. The second-order valence-corrected chi connectivity index (χ2v) is 4.84. The summed E-state index contributed by atoms with van der Waals surface area (Å²) in [7, 11) is 0. The summed E-state index contributed by atoms with van der Waals surface area (Å²) in [4.78, 5) is 11.9. The van der Waals surface area contributed by atoms with Crippen LogP contribution in [0.3, 0.4) is 0 Å². The summed E-state index contributed by atoms with van der Waals surface area (Å²) in [5.41, 5.74) is 3.22. The molecular formula is C17H22N2O2. The molecule has 0 aliphatic rings. The van der Waals surface area contributed by atoms with E-state index in [4.69, 9.17) is 10.00 Å². The van der Waals surface area contributed by atoms with Crippen molar-refractivity contribution in [1.82, 2.24) is 5.32 Å². The fraction of sp³-hybridized carbons (Fsp3) is 0.412. The van der Waals surface area contributed by atoms with Gasteiger partial charge in [-0.05, 0) is 44.4 Å². The fourth-order valence-electron chi connectivity index (χ4n) is 1.91. The molecule has 4 heteroatoms. The van der Waals surface area contributed by atoms with Crippen LogP contribution in [0.15, 0.2) is 23.8 Å². The van der Waals surface area contributed by atoms with Crippen LogP contribution in [0.1, 0.15) is 30.0 Å². The molecule has 1 rings (SSSR count). The normalized spacial score (nSPS) is 11.0. The van der Waals surface area contributed by atoms with Gasteiger partial charge in [0.1, 0.15) is 11.6 Å². The number of hydrogen-bond acceptors (Lipinski definition) is 3. The minimum absolute atomic E-state index is 0.123. The van der Waals surface area contributed by atoms with Crippen LogP contribution in [0.2, 0.25) is 0 Å². The zero-order valence-electron chi connectivity index (χ0n) is 12.9. The SMILES string of the molecule is CCOCCCNC(=O)/C(C#N)=C/c1ccc(C)cc1C. The van der Waals surface area contributed by atoms with Crippen LogP contribution >= 0.6 is 0 Å². The van der Waals surface area contributed by atoms with Crippen molar-refractivity contribution in [3.63, 3.8) is 0 Å². The Labute approximate surface area is 126 Å². The number of nitrogens with one attached hydrogen (secondary N) is 1. The Morgan fingerprint density at radius 3 is 2.81 bits per heavy atom. The van der Waals surface area contributed by atoms with E-state index in [1.807, 2.05) is 45.0 Å². The van der Waals surface area contributed by atoms with Crippen LogP contribution in [0, 0.1) is 25.2 Å². The highest BCUT2D eigenvalue weighted by atomic mass is 16.5. The van der Waals surface area contributed by atoms with Gasteiger partial charge in [0.25, 0.3) is 5.91 Å². The molecule has 1 amide bonds. The third kappa shape index (κ3) is 5.80. The summed E-state index contributed by atoms with van der Waals surface area (Å²) in [6.45, 7) is 7.69. The molecule has 0 saturated heterocycles. The zero-order valence-corrected chi connectivity index (χ0v) is 12.9. The predicted molar refractivity (Wildman–Crippen MR) is 83.6 cm³/mol. The molecular weight excluding hydrogens is 264 g/mol. The van der Waals surface area contributed by atoms with Crippen molar-refractivity contribution in [3.8, 4) is 6.07 Å². The molecule has 0 heterocycles. The van der Waals surface area contributed by atoms with E-state index < -0.39 is 0 Å². The number of aryl methyl sites for hydroxylation is 2. The van der Waals surface area contributed by atoms with Gasteiger partial charge in [-0.15, -0.1) is 0 Å². The van der Waals surface area contributed by atoms with E-state index in [0.29, 0.717) is 19.8 Å². The van der Waals surface area contributed by atoms with Gasteiger partial charge >= 0.3 is 0 Å². The molecule has 0 atom stereocenters. The van der Waals surface area contributed by atoms with E-state index in [1.165, 1.54) is 0 Å². The predicted octanol–water partition coefficient (Wildman–Crippen LogP) is 2.75. The maximum atomic E-state index is 11.9. The van der Waals surface area contributed by atoms with Crippen LogP contribution in [-0.4, -0.2) is 25.7 Å². The van der Waals surface area contributed by atoms with Crippen molar-refractivity contribution in [3.05, 3.63) is 40.5 Å². The standard InChI is InChI=1S/C17H22N2O2/c1-4-21-9-5-8-19-17(20)16(12-18)11-15-7-6-13(2)10-14(15)3/h6-7,10-11H,4-5,8-9H2,1-3H3,(H,19,20)/b16-11+. The summed E-state index contributed by atoms with van der Waals surface area (Å²) in [5, 5.41) is 11.9. The first kappa shape index (κ1) is 16.9. The van der Waals surface area contributed by atoms with Crippen molar-refractivity contribution >= 4 is 12.0 Å². The van der Waals surface area contributed by atoms with Gasteiger partial charge in [0.05, 0.1) is 0 Å². The van der Waals surface area contributed by atoms with Gasteiger partial charge in [-0.1, -0.05) is 23.8 Å². The minimum atomic E-state index is -0.339. The average Bonchev–Trinajstić information content (AvgIpc) is 2.46. The Morgan fingerprint density at radius 2 is 2.19 bits per heavy atom. The Morgan fingerprint density at radius 1 is 1.43 bits per heavy atom. The number of hydrogen-bond donors (Lipinski definition) is 1. The second-order valence-electron chi connectivity index (χ2n) is 4.84. The second kappa shape index (κ2) is 8.93. The van der Waals surface area contributed by atoms with E-state index in [0.717, 1.165) is 23.1 Å². The van der Waals surface area contributed by atoms with Gasteiger partial charge in [0, 0.05) is 19.8 Å². The zero-order chi connectivity index (χ0) is 15.7. The molecule has 0 fully saturated rings. The van der Waals surface area contributed by atoms with E-state index in [1.54, 1.807) is 6.08 Å². The fourth-order valence-corrected chi connectivity index (χ4v) is 1.91. The Kier molecular flexibility index (Phi) is 7.20. The highest BCUT2D eigenvalue weighted by molar-refractivity contribution is 6.01. The van der Waals surface area contributed by atoms with Gasteiger partial charge in [-0.3, -0.25) is 4.79 Å². The smallest absolute Gasteiger partial charge is 0.261 e. The molecule has 112 valence electrons. The minimum Gasteiger partial charge on any atom is -0.382 e. The molecule has 0 aromatic heterocycles. The topological polar surface area (TPSA) is 62.1 Å². The van der Waals surface area contributed by atoms with Crippen molar-refractivity contribution in [2.75, 3.05) is 19.8 Å². The monoisotopic (exact) mass is 286 g/mol.